The molecule has 0 N–H and O–H groups in total. The molecule has 2 heterocycles. The summed E-state index contributed by atoms with van der Waals surface area (Å²) in [4.78, 5) is 16.6. The van der Waals surface area contributed by atoms with Gasteiger partial charge in [-0.15, -0.1) is 0 Å². The first-order valence-electron chi connectivity index (χ1n) is 9.96. The van der Waals surface area contributed by atoms with Crippen LogP contribution < -0.4 is 10.4 Å². The molecule has 0 radical (unpaired) electrons. The number of rotatable bonds is 5. The van der Waals surface area contributed by atoms with Crippen molar-refractivity contribution >= 4 is 11.0 Å². The smallest absolute Gasteiger partial charge is 0.328 e. The van der Waals surface area contributed by atoms with Crippen molar-refractivity contribution in [3.63, 3.8) is 0 Å². The highest BCUT2D eigenvalue weighted by atomic mass is 16.5. The number of fused-ring (bicyclic) bond motifs is 1. The van der Waals surface area contributed by atoms with E-state index in [1.165, 1.54) is 12.8 Å². The van der Waals surface area contributed by atoms with Crippen LogP contribution in [0.3, 0.4) is 0 Å². The molecule has 0 atom stereocenters. The molecule has 6 nitrogen and oxygen atoms in total. The Balaban J connectivity index is 1.49. The Kier molecular flexibility index (Phi) is 4.36. The monoisotopic (exact) mass is 396 g/mol. The van der Waals surface area contributed by atoms with E-state index in [1.54, 1.807) is 22.9 Å². The number of aryl methyl sites for hydroxylation is 1. The van der Waals surface area contributed by atoms with Gasteiger partial charge in [-0.3, -0.25) is 9.13 Å². The van der Waals surface area contributed by atoms with E-state index in [0.717, 1.165) is 28.7 Å². The fourth-order valence-corrected chi connectivity index (χ4v) is 3.73. The van der Waals surface area contributed by atoms with Crippen LogP contribution in [0.15, 0.2) is 65.6 Å². The molecule has 0 bridgehead atoms. The predicted molar refractivity (Wildman–Crippen MR) is 114 cm³/mol. The van der Waals surface area contributed by atoms with E-state index in [-0.39, 0.29) is 5.69 Å². The highest BCUT2D eigenvalue weighted by Gasteiger charge is 2.24. The van der Waals surface area contributed by atoms with Crippen molar-refractivity contribution in [3.05, 3.63) is 77.0 Å². The molecule has 0 saturated heterocycles. The van der Waals surface area contributed by atoms with E-state index < -0.39 is 0 Å². The topological polar surface area (TPSA) is 72.8 Å². The fraction of sp³-hybridized carbons (Fsp3) is 0.208. The minimum absolute atomic E-state index is 0.0390. The third kappa shape index (κ3) is 3.35. The number of benzene rings is 2. The minimum Gasteiger partial charge on any atom is -0.457 e. The second-order valence-corrected chi connectivity index (χ2v) is 7.72. The molecule has 2 aromatic carbocycles. The first kappa shape index (κ1) is 18.2. The summed E-state index contributed by atoms with van der Waals surface area (Å²) in [7, 11) is 1.83. The molecule has 0 unspecified atom stereocenters. The second-order valence-electron chi connectivity index (χ2n) is 7.72. The van der Waals surface area contributed by atoms with Crippen LogP contribution in [0.5, 0.6) is 11.5 Å². The van der Waals surface area contributed by atoms with Gasteiger partial charge in [-0.2, -0.15) is 5.26 Å². The molecule has 1 aliphatic carbocycles. The Morgan fingerprint density at radius 2 is 1.87 bits per heavy atom. The molecule has 0 amide bonds. The zero-order valence-electron chi connectivity index (χ0n) is 16.6. The van der Waals surface area contributed by atoms with E-state index >= 15 is 0 Å². The second kappa shape index (κ2) is 7.20. The molecule has 0 spiro atoms. The summed E-state index contributed by atoms with van der Waals surface area (Å²) in [6.07, 6.45) is 3.97. The van der Waals surface area contributed by atoms with Gasteiger partial charge in [0.25, 0.3) is 0 Å². The Morgan fingerprint density at radius 3 is 2.67 bits per heavy atom. The molecule has 4 aromatic rings. The molecule has 1 aliphatic rings. The number of ether oxygens (including phenoxy) is 1. The van der Waals surface area contributed by atoms with E-state index in [9.17, 15) is 4.79 Å². The van der Waals surface area contributed by atoms with Gasteiger partial charge in [-0.1, -0.05) is 18.2 Å². The largest absolute Gasteiger partial charge is 0.457 e. The Labute approximate surface area is 173 Å². The summed E-state index contributed by atoms with van der Waals surface area (Å²) in [5, 5.41) is 9.01. The lowest BCUT2D eigenvalue weighted by Gasteiger charge is -2.09. The third-order valence-electron chi connectivity index (χ3n) is 5.53. The number of aromatic nitrogens is 3. The van der Waals surface area contributed by atoms with Gasteiger partial charge in [-0.05, 0) is 60.2 Å². The zero-order valence-corrected chi connectivity index (χ0v) is 16.6. The predicted octanol–water partition coefficient (Wildman–Crippen LogP) is 4.48. The van der Waals surface area contributed by atoms with Crippen LogP contribution in [-0.4, -0.2) is 14.1 Å². The average Bonchev–Trinajstić information content (AvgIpc) is 3.57. The maximum Gasteiger partial charge on any atom is 0.328 e. The lowest BCUT2D eigenvalue weighted by molar-refractivity contribution is 0.482. The van der Waals surface area contributed by atoms with Crippen LogP contribution in [0.25, 0.3) is 22.2 Å². The molecule has 0 aliphatic heterocycles. The lowest BCUT2D eigenvalue weighted by Crippen LogP contribution is -2.22. The van der Waals surface area contributed by atoms with Gasteiger partial charge in [0, 0.05) is 25.9 Å². The Bertz CT molecular complexity index is 1360. The van der Waals surface area contributed by atoms with Gasteiger partial charge in [-0.25, -0.2) is 9.78 Å². The maximum atomic E-state index is 12.7. The summed E-state index contributed by atoms with van der Waals surface area (Å²) in [5.74, 6) is 1.87. The quantitative estimate of drug-likeness (QED) is 0.499. The molecule has 5 rings (SSSR count). The van der Waals surface area contributed by atoms with Gasteiger partial charge in [0.15, 0.2) is 0 Å². The fourth-order valence-electron chi connectivity index (χ4n) is 3.73. The first-order valence-corrected chi connectivity index (χ1v) is 9.96. The Morgan fingerprint density at radius 1 is 1.07 bits per heavy atom. The van der Waals surface area contributed by atoms with Crippen molar-refractivity contribution in [2.24, 2.45) is 13.0 Å². The van der Waals surface area contributed by atoms with Gasteiger partial charge in [0.2, 0.25) is 0 Å². The molecular weight excluding hydrogens is 376 g/mol. The van der Waals surface area contributed by atoms with Crippen LogP contribution in [-0.2, 0) is 13.6 Å². The highest BCUT2D eigenvalue weighted by molar-refractivity contribution is 5.83. The maximum absolute atomic E-state index is 12.7. The van der Waals surface area contributed by atoms with E-state index in [4.69, 9.17) is 10.00 Å². The van der Waals surface area contributed by atoms with Crippen molar-refractivity contribution in [1.82, 2.24) is 14.1 Å². The third-order valence-corrected chi connectivity index (χ3v) is 5.53. The molecular formula is C24H20N4O2. The molecule has 148 valence electrons. The van der Waals surface area contributed by atoms with E-state index in [0.29, 0.717) is 23.1 Å². The lowest BCUT2D eigenvalue weighted by atomic mass is 10.0. The van der Waals surface area contributed by atoms with Crippen LogP contribution in [0.1, 0.15) is 18.5 Å². The number of hydrogen-bond acceptors (Lipinski definition) is 4. The van der Waals surface area contributed by atoms with Gasteiger partial charge in [0.05, 0.1) is 11.0 Å². The van der Waals surface area contributed by atoms with Crippen LogP contribution in [0.2, 0.25) is 0 Å². The van der Waals surface area contributed by atoms with Gasteiger partial charge in [0.1, 0.15) is 23.3 Å². The summed E-state index contributed by atoms with van der Waals surface area (Å²) >= 11 is 0. The molecule has 1 fully saturated rings. The highest BCUT2D eigenvalue weighted by Crippen LogP contribution is 2.32. The number of hydrogen-bond donors (Lipinski definition) is 0. The van der Waals surface area contributed by atoms with Gasteiger partial charge >= 0.3 is 5.69 Å². The van der Waals surface area contributed by atoms with Crippen molar-refractivity contribution in [3.8, 4) is 28.7 Å². The first-order chi connectivity index (χ1) is 14.6. The minimum atomic E-state index is 0.0390. The molecule has 1 saturated carbocycles. The van der Waals surface area contributed by atoms with Crippen LogP contribution in [0.4, 0.5) is 0 Å². The van der Waals surface area contributed by atoms with E-state index in [1.807, 2.05) is 54.1 Å². The summed E-state index contributed by atoms with van der Waals surface area (Å²) in [5.41, 5.74) is 4.26. The number of nitrogens with zero attached hydrogens (tertiary/aromatic N) is 4. The summed E-state index contributed by atoms with van der Waals surface area (Å²) < 4.78 is 9.54. The number of imidazole rings is 1. The molecule has 30 heavy (non-hydrogen) atoms. The van der Waals surface area contributed by atoms with Crippen LogP contribution in [0, 0.1) is 17.2 Å². The van der Waals surface area contributed by atoms with Crippen molar-refractivity contribution in [2.45, 2.75) is 19.4 Å². The standard InChI is InChI=1S/C24H20N4O2/c1-27-23-12-18(7-8-22(23)28(24(27)29)15-16-5-6-16)17-3-2-4-20(11-17)30-21-9-10-26-19(13-21)14-25/h2-4,7-13,16H,5-6,15H2,1H3. The normalized spacial score (nSPS) is 13.3. The summed E-state index contributed by atoms with van der Waals surface area (Å²) in [6.45, 7) is 0.801. The van der Waals surface area contributed by atoms with Crippen LogP contribution >= 0.6 is 0 Å². The number of nitriles is 1. The van der Waals surface area contributed by atoms with Crippen molar-refractivity contribution in [2.75, 3.05) is 0 Å². The van der Waals surface area contributed by atoms with E-state index in [2.05, 4.69) is 11.1 Å². The summed E-state index contributed by atoms with van der Waals surface area (Å²) in [6, 6.07) is 19.2. The Hall–Kier alpha value is -3.85. The van der Waals surface area contributed by atoms with Crippen molar-refractivity contribution in [1.29, 1.82) is 5.26 Å². The zero-order chi connectivity index (χ0) is 20.7. The molecule has 6 heteroatoms. The number of pyridine rings is 1. The molecule has 2 aromatic heterocycles. The van der Waals surface area contributed by atoms with Gasteiger partial charge < -0.3 is 4.74 Å². The average molecular weight is 396 g/mol. The SMILES string of the molecule is Cn1c(=O)n(CC2CC2)c2ccc(-c3cccc(Oc4ccnc(C#N)c4)c3)cc21. The van der Waals surface area contributed by atoms with Crippen molar-refractivity contribution < 1.29 is 4.74 Å².